The lowest BCUT2D eigenvalue weighted by molar-refractivity contribution is 0.660. The van der Waals surface area contributed by atoms with Crippen LogP contribution >= 0.6 is 0 Å². The zero-order valence-corrected chi connectivity index (χ0v) is 35.8. The largest absolute Gasteiger partial charge is 0.347 e. The maximum Gasteiger partial charge on any atom is 0.0565 e. The first kappa shape index (κ1) is 41.9. The van der Waals surface area contributed by atoms with E-state index >= 15 is 0 Å². The lowest BCUT2D eigenvalue weighted by Gasteiger charge is -2.21. The predicted octanol–water partition coefficient (Wildman–Crippen LogP) is 13.5. The Bertz CT molecular complexity index is 2530. The Labute approximate surface area is 347 Å². The fraction of sp³-hybridized carbons (Fsp3) is 0.236. The van der Waals surface area contributed by atoms with E-state index in [4.69, 9.17) is 5.73 Å². The number of aromatic nitrogens is 1. The van der Waals surface area contributed by atoms with Gasteiger partial charge in [-0.25, -0.2) is 0 Å². The molecule has 6 aromatic carbocycles. The number of aryl methyl sites for hydroxylation is 2. The van der Waals surface area contributed by atoms with E-state index < -0.39 is 0 Å². The summed E-state index contributed by atoms with van der Waals surface area (Å²) in [6.45, 7) is 13.8. The Kier molecular flexibility index (Phi) is 13.5. The van der Waals surface area contributed by atoms with Crippen LogP contribution in [0.25, 0.3) is 49.9 Å². The zero-order valence-electron chi connectivity index (χ0n) is 35.8. The summed E-state index contributed by atoms with van der Waals surface area (Å²) in [4.78, 5) is 0. The average Bonchev–Trinajstić information content (AvgIpc) is 3.89. The van der Waals surface area contributed by atoms with Crippen molar-refractivity contribution < 1.29 is 0 Å². The number of rotatable bonds is 3. The minimum absolute atomic E-state index is 0.0369. The van der Waals surface area contributed by atoms with E-state index in [0.29, 0.717) is 12.5 Å². The van der Waals surface area contributed by atoms with Gasteiger partial charge in [0.2, 0.25) is 0 Å². The van der Waals surface area contributed by atoms with Crippen molar-refractivity contribution in [2.45, 2.75) is 66.3 Å². The van der Waals surface area contributed by atoms with Crippen molar-refractivity contribution in [3.63, 3.8) is 0 Å². The van der Waals surface area contributed by atoms with Crippen molar-refractivity contribution in [1.29, 1.82) is 0 Å². The molecule has 0 fully saturated rings. The van der Waals surface area contributed by atoms with Gasteiger partial charge in [0.05, 0.1) is 5.52 Å². The van der Waals surface area contributed by atoms with Crippen molar-refractivity contribution in [2.24, 2.45) is 24.4 Å². The molecule has 0 amide bonds. The van der Waals surface area contributed by atoms with Gasteiger partial charge in [-0.05, 0) is 94.6 Å². The van der Waals surface area contributed by atoms with Crippen molar-refractivity contribution >= 4 is 16.5 Å². The van der Waals surface area contributed by atoms with E-state index in [1.54, 1.807) is 5.57 Å². The minimum Gasteiger partial charge on any atom is -0.347 e. The molecule has 3 heteroatoms. The van der Waals surface area contributed by atoms with Gasteiger partial charge in [0, 0.05) is 47.1 Å². The van der Waals surface area contributed by atoms with Crippen molar-refractivity contribution in [3.8, 4) is 33.4 Å². The highest BCUT2D eigenvalue weighted by Gasteiger charge is 2.35. The molecule has 58 heavy (non-hydrogen) atoms. The summed E-state index contributed by atoms with van der Waals surface area (Å²) < 4.78 is 2.48. The zero-order chi connectivity index (χ0) is 41.4. The number of para-hydroxylation sites is 1. The Hall–Kier alpha value is -5.74. The summed E-state index contributed by atoms with van der Waals surface area (Å²) in [6, 6.07) is 52.3. The molecule has 4 N–H and O–H groups in total. The second kappa shape index (κ2) is 18.7. The average molecular weight is 764 g/mol. The number of fused-ring (bicyclic) bond motifs is 7. The number of hydrogen-bond acceptors (Lipinski definition) is 2. The predicted molar refractivity (Wildman–Crippen MR) is 252 cm³/mol. The molecule has 3 aliphatic carbocycles. The van der Waals surface area contributed by atoms with Gasteiger partial charge in [-0.1, -0.05) is 186 Å². The molecular weight excluding hydrogens is 703 g/mol. The Balaban J connectivity index is 0.000000248. The van der Waals surface area contributed by atoms with Crippen molar-refractivity contribution in [3.05, 3.63) is 197 Å². The van der Waals surface area contributed by atoms with Gasteiger partial charge in [-0.3, -0.25) is 0 Å². The first-order valence-corrected chi connectivity index (χ1v) is 21.0. The third-order valence-corrected chi connectivity index (χ3v) is 11.7. The second-order valence-corrected chi connectivity index (χ2v) is 15.5. The number of hydrogen-bond donors (Lipinski definition) is 2. The third-order valence-electron chi connectivity index (χ3n) is 11.7. The van der Waals surface area contributed by atoms with Crippen LogP contribution in [0.5, 0.6) is 0 Å². The second-order valence-electron chi connectivity index (χ2n) is 15.5. The van der Waals surface area contributed by atoms with Gasteiger partial charge in [0.1, 0.15) is 0 Å². The molecule has 1 atom stereocenters. The van der Waals surface area contributed by atoms with Crippen LogP contribution in [0.15, 0.2) is 163 Å². The van der Waals surface area contributed by atoms with Crippen LogP contribution in [0.1, 0.15) is 74.6 Å². The number of nitrogens with zero attached hydrogens (tertiary/aromatic N) is 1. The Morgan fingerprint density at radius 3 is 1.91 bits per heavy atom. The highest BCUT2D eigenvalue weighted by Crippen LogP contribution is 2.50. The molecule has 0 saturated heterocycles. The Morgan fingerprint density at radius 1 is 0.638 bits per heavy atom. The van der Waals surface area contributed by atoms with Crippen LogP contribution in [0.4, 0.5) is 0 Å². The molecule has 0 spiro atoms. The van der Waals surface area contributed by atoms with Gasteiger partial charge in [0.15, 0.2) is 0 Å². The third kappa shape index (κ3) is 8.16. The molecule has 3 nitrogen and oxygen atoms in total. The molecule has 1 aromatic heterocycles. The van der Waals surface area contributed by atoms with E-state index in [0.717, 1.165) is 12.8 Å². The first-order valence-electron chi connectivity index (χ1n) is 21.0. The first-order chi connectivity index (χ1) is 28.3. The van der Waals surface area contributed by atoms with Gasteiger partial charge < -0.3 is 16.0 Å². The van der Waals surface area contributed by atoms with Gasteiger partial charge in [-0.15, -0.1) is 0 Å². The highest BCUT2D eigenvalue weighted by atomic mass is 15.0. The maximum absolute atomic E-state index is 5.35. The molecule has 0 saturated carbocycles. The minimum atomic E-state index is 0.0369. The van der Waals surface area contributed by atoms with Crippen LogP contribution in [-0.4, -0.2) is 11.6 Å². The summed E-state index contributed by atoms with van der Waals surface area (Å²) in [5.74, 6) is 0.492. The normalized spacial score (nSPS) is 14.8. The monoisotopic (exact) mass is 763 g/mol. The van der Waals surface area contributed by atoms with Crippen LogP contribution in [-0.2, 0) is 25.4 Å². The van der Waals surface area contributed by atoms with Gasteiger partial charge in [-0.2, -0.15) is 0 Å². The summed E-state index contributed by atoms with van der Waals surface area (Å²) in [6.07, 6.45) is 7.01. The highest BCUT2D eigenvalue weighted by molar-refractivity contribution is 6.04. The smallest absolute Gasteiger partial charge is 0.0565 e. The molecule has 1 heterocycles. The number of nitrogens with two attached hydrogens (primary N) is 2. The fourth-order valence-corrected chi connectivity index (χ4v) is 8.90. The topological polar surface area (TPSA) is 57.0 Å². The van der Waals surface area contributed by atoms with E-state index in [1.165, 1.54) is 90.4 Å². The van der Waals surface area contributed by atoms with Gasteiger partial charge in [0.25, 0.3) is 0 Å². The molecule has 296 valence electrons. The Morgan fingerprint density at radius 2 is 1.24 bits per heavy atom. The van der Waals surface area contributed by atoms with E-state index in [-0.39, 0.29) is 5.41 Å². The standard InChI is InChI=1S/C38H33N.C7H9N.C7H8.C2H6.CH5N/c1-23-15-16-24-18-20-34-36(35(23)24)30-13-8-12-28(37(30)39(34)4)27-10-7-9-25(21-27)26-17-19-33-31(22-26)29-11-5-6-14-32(29)38(33,2)3;8-6-7-4-2-1-3-5-7;1-7-5-3-2-4-6-7;2*1-2/h5-17,19,21-23H,18,20H2,1-4H3;1-5H,6,8H2;2-6H,1H3;1-2H3;2H2,1H3/t23-;;;;/m1..../s1. The SMILES string of the molecule is CC.CN.C[C@@H]1C=CC2=C1c1c(n(C)c3c(-c4cccc(-c5ccc6c(c5)-c5ccccc5C6(C)C)c4)cccc13)CC2.Cc1ccccc1.NCc1ccccc1. The number of benzene rings is 6. The van der Waals surface area contributed by atoms with E-state index in [9.17, 15) is 0 Å². The molecule has 10 rings (SSSR count). The van der Waals surface area contributed by atoms with Crippen LogP contribution in [0, 0.1) is 12.8 Å². The fourth-order valence-electron chi connectivity index (χ4n) is 8.90. The molecule has 7 aromatic rings. The van der Waals surface area contributed by atoms with Crippen molar-refractivity contribution in [2.75, 3.05) is 7.05 Å². The quantitative estimate of drug-likeness (QED) is 0.188. The summed E-state index contributed by atoms with van der Waals surface area (Å²) in [7, 11) is 3.77. The van der Waals surface area contributed by atoms with Crippen LogP contribution in [0.3, 0.4) is 0 Å². The summed E-state index contributed by atoms with van der Waals surface area (Å²) >= 11 is 0. The summed E-state index contributed by atoms with van der Waals surface area (Å²) in [5.41, 5.74) is 30.6. The molecule has 0 unspecified atom stereocenters. The molecule has 3 aliphatic rings. The van der Waals surface area contributed by atoms with E-state index in [1.807, 2.05) is 62.4 Å². The van der Waals surface area contributed by atoms with Crippen molar-refractivity contribution in [1.82, 2.24) is 4.57 Å². The van der Waals surface area contributed by atoms with E-state index in [2.05, 4.69) is 154 Å². The number of allylic oxidation sites excluding steroid dienone is 4. The lowest BCUT2D eigenvalue weighted by Crippen LogP contribution is -2.14. The van der Waals surface area contributed by atoms with Gasteiger partial charge >= 0.3 is 0 Å². The molecular formula is C55H61N3. The summed E-state index contributed by atoms with van der Waals surface area (Å²) in [5, 5.41) is 1.40. The van der Waals surface area contributed by atoms with Crippen LogP contribution < -0.4 is 11.5 Å². The maximum atomic E-state index is 5.35. The molecule has 0 aliphatic heterocycles. The molecule has 0 bridgehead atoms. The van der Waals surface area contributed by atoms with Crippen LogP contribution in [0.2, 0.25) is 0 Å². The lowest BCUT2D eigenvalue weighted by atomic mass is 9.82. The molecule has 0 radical (unpaired) electrons.